The van der Waals surface area contributed by atoms with Gasteiger partial charge in [0.05, 0.1) is 0 Å². The second-order valence-electron chi connectivity index (χ2n) is 3.06. The number of hydrogen-bond acceptors (Lipinski definition) is 1. The summed E-state index contributed by atoms with van der Waals surface area (Å²) < 4.78 is 0. The Morgan fingerprint density at radius 3 is 2.85 bits per heavy atom. The Bertz CT molecular complexity index is 283. The number of hydrogen-bond donors (Lipinski definition) is 0. The summed E-state index contributed by atoms with van der Waals surface area (Å²) in [6, 6.07) is 7.71. The molecule has 0 heterocycles. The van der Waals surface area contributed by atoms with Crippen LogP contribution in [0, 0.1) is 0 Å². The van der Waals surface area contributed by atoms with Crippen LogP contribution in [0.25, 0.3) is 0 Å². The van der Waals surface area contributed by atoms with E-state index in [4.69, 9.17) is 11.6 Å². The maximum absolute atomic E-state index is 10.4. The van der Waals surface area contributed by atoms with Crippen molar-refractivity contribution in [3.05, 3.63) is 34.9 Å². The molecule has 0 fully saturated rings. The van der Waals surface area contributed by atoms with Crippen LogP contribution in [0.1, 0.15) is 31.2 Å². The van der Waals surface area contributed by atoms with E-state index < -0.39 is 0 Å². The third-order valence-corrected chi connectivity index (χ3v) is 2.43. The Morgan fingerprint density at radius 1 is 1.54 bits per heavy atom. The van der Waals surface area contributed by atoms with Crippen LogP contribution in [0.4, 0.5) is 0 Å². The quantitative estimate of drug-likeness (QED) is 0.675. The van der Waals surface area contributed by atoms with Gasteiger partial charge in [-0.2, -0.15) is 0 Å². The fourth-order valence-electron chi connectivity index (χ4n) is 1.42. The summed E-state index contributed by atoms with van der Waals surface area (Å²) >= 11 is 5.86. The van der Waals surface area contributed by atoms with Crippen LogP contribution < -0.4 is 0 Å². The summed E-state index contributed by atoms with van der Waals surface area (Å²) in [5.74, 6) is 0.316. The van der Waals surface area contributed by atoms with E-state index >= 15 is 0 Å². The molecular formula is C11H13ClO. The number of carbonyl (C=O) groups excluding carboxylic acids is 1. The average molecular weight is 197 g/mol. The Balaban J connectivity index is 2.84. The van der Waals surface area contributed by atoms with Gasteiger partial charge in [-0.1, -0.05) is 30.7 Å². The third kappa shape index (κ3) is 2.85. The molecule has 0 unspecified atom stereocenters. The van der Waals surface area contributed by atoms with Crippen LogP contribution in [-0.2, 0) is 4.79 Å². The van der Waals surface area contributed by atoms with Crippen molar-refractivity contribution in [1.29, 1.82) is 0 Å². The molecule has 13 heavy (non-hydrogen) atoms. The van der Waals surface area contributed by atoms with Gasteiger partial charge in [-0.05, 0) is 30.0 Å². The van der Waals surface area contributed by atoms with Crippen molar-refractivity contribution in [2.24, 2.45) is 0 Å². The summed E-state index contributed by atoms with van der Waals surface area (Å²) in [6.45, 7) is 2.08. The molecule has 0 spiro atoms. The van der Waals surface area contributed by atoms with Crippen molar-refractivity contribution < 1.29 is 4.79 Å². The van der Waals surface area contributed by atoms with Crippen molar-refractivity contribution in [2.45, 2.75) is 25.7 Å². The highest BCUT2D eigenvalue weighted by atomic mass is 35.5. The number of benzene rings is 1. The topological polar surface area (TPSA) is 17.1 Å². The first-order chi connectivity index (χ1) is 6.27. The predicted octanol–water partition coefficient (Wildman–Crippen LogP) is 3.42. The molecule has 0 aliphatic rings. The minimum Gasteiger partial charge on any atom is -0.303 e. The van der Waals surface area contributed by atoms with Crippen molar-refractivity contribution in [1.82, 2.24) is 0 Å². The predicted molar refractivity (Wildman–Crippen MR) is 55.2 cm³/mol. The standard InChI is InChI=1S/C11H13ClO/c1-2-9(6-7-13)10-4-3-5-11(12)8-10/h3-5,7-9H,2,6H2,1H3/t9-/m0/s1. The maximum atomic E-state index is 10.4. The van der Waals surface area contributed by atoms with Crippen molar-refractivity contribution >= 4 is 17.9 Å². The summed E-state index contributed by atoms with van der Waals surface area (Å²) in [5.41, 5.74) is 1.15. The van der Waals surface area contributed by atoms with Gasteiger partial charge < -0.3 is 4.79 Å². The number of rotatable bonds is 4. The van der Waals surface area contributed by atoms with Crippen LogP contribution in [0.2, 0.25) is 5.02 Å². The van der Waals surface area contributed by atoms with Crippen LogP contribution in [0.15, 0.2) is 24.3 Å². The maximum Gasteiger partial charge on any atom is 0.120 e. The van der Waals surface area contributed by atoms with Crippen molar-refractivity contribution in [2.75, 3.05) is 0 Å². The van der Waals surface area contributed by atoms with E-state index in [1.807, 2.05) is 24.3 Å². The molecule has 0 saturated carbocycles. The van der Waals surface area contributed by atoms with Gasteiger partial charge in [0.15, 0.2) is 0 Å². The van der Waals surface area contributed by atoms with E-state index in [1.54, 1.807) is 0 Å². The van der Waals surface area contributed by atoms with Gasteiger partial charge in [-0.25, -0.2) is 0 Å². The number of halogens is 1. The molecule has 0 bridgehead atoms. The minimum absolute atomic E-state index is 0.316. The average Bonchev–Trinajstić information content (AvgIpc) is 2.14. The minimum atomic E-state index is 0.316. The molecule has 0 aliphatic heterocycles. The zero-order chi connectivity index (χ0) is 9.68. The molecule has 1 rings (SSSR count). The first-order valence-electron chi connectivity index (χ1n) is 4.47. The lowest BCUT2D eigenvalue weighted by atomic mass is 9.94. The highest BCUT2D eigenvalue weighted by molar-refractivity contribution is 6.30. The first-order valence-corrected chi connectivity index (χ1v) is 4.84. The molecule has 2 heteroatoms. The summed E-state index contributed by atoms with van der Waals surface area (Å²) in [4.78, 5) is 10.4. The molecule has 0 aromatic heterocycles. The third-order valence-electron chi connectivity index (χ3n) is 2.19. The Kier molecular flexibility index (Phi) is 3.97. The molecule has 1 aromatic carbocycles. The Hall–Kier alpha value is -0.820. The highest BCUT2D eigenvalue weighted by Crippen LogP contribution is 2.24. The van der Waals surface area contributed by atoms with E-state index in [0.717, 1.165) is 23.3 Å². The summed E-state index contributed by atoms with van der Waals surface area (Å²) in [6.07, 6.45) is 2.52. The van der Waals surface area contributed by atoms with Gasteiger partial charge in [-0.15, -0.1) is 0 Å². The molecule has 70 valence electrons. The monoisotopic (exact) mass is 196 g/mol. The molecule has 0 amide bonds. The van der Waals surface area contributed by atoms with Gasteiger partial charge in [0, 0.05) is 11.4 Å². The van der Waals surface area contributed by atoms with Crippen LogP contribution in [-0.4, -0.2) is 6.29 Å². The molecule has 0 N–H and O–H groups in total. The zero-order valence-electron chi connectivity index (χ0n) is 7.66. The lowest BCUT2D eigenvalue weighted by Crippen LogP contribution is -1.97. The molecule has 1 nitrogen and oxygen atoms in total. The largest absolute Gasteiger partial charge is 0.303 e. The lowest BCUT2D eigenvalue weighted by molar-refractivity contribution is -0.108. The van der Waals surface area contributed by atoms with E-state index in [0.29, 0.717) is 12.3 Å². The van der Waals surface area contributed by atoms with Crippen molar-refractivity contribution in [3.63, 3.8) is 0 Å². The number of carbonyl (C=O) groups is 1. The van der Waals surface area contributed by atoms with E-state index in [-0.39, 0.29) is 0 Å². The van der Waals surface area contributed by atoms with Crippen LogP contribution >= 0.6 is 11.6 Å². The van der Waals surface area contributed by atoms with Crippen LogP contribution in [0.3, 0.4) is 0 Å². The van der Waals surface area contributed by atoms with Gasteiger partial charge in [0.25, 0.3) is 0 Å². The second-order valence-corrected chi connectivity index (χ2v) is 3.50. The fraction of sp³-hybridized carbons (Fsp3) is 0.364. The highest BCUT2D eigenvalue weighted by Gasteiger charge is 2.08. The normalized spacial score (nSPS) is 12.5. The Morgan fingerprint density at radius 2 is 2.31 bits per heavy atom. The van der Waals surface area contributed by atoms with Gasteiger partial charge in [0.1, 0.15) is 6.29 Å². The second kappa shape index (κ2) is 5.03. The van der Waals surface area contributed by atoms with Crippen LogP contribution in [0.5, 0.6) is 0 Å². The SMILES string of the molecule is CC[C@@H](CC=O)c1cccc(Cl)c1. The fourth-order valence-corrected chi connectivity index (χ4v) is 1.61. The molecular weight excluding hydrogens is 184 g/mol. The summed E-state index contributed by atoms with van der Waals surface area (Å²) in [7, 11) is 0. The smallest absolute Gasteiger partial charge is 0.120 e. The molecule has 1 atom stereocenters. The van der Waals surface area contributed by atoms with E-state index in [1.165, 1.54) is 0 Å². The molecule has 0 saturated heterocycles. The van der Waals surface area contributed by atoms with Gasteiger partial charge in [0.2, 0.25) is 0 Å². The van der Waals surface area contributed by atoms with Gasteiger partial charge >= 0.3 is 0 Å². The van der Waals surface area contributed by atoms with Crippen molar-refractivity contribution in [3.8, 4) is 0 Å². The summed E-state index contributed by atoms with van der Waals surface area (Å²) in [5, 5.41) is 0.738. The first kappa shape index (κ1) is 10.3. The van der Waals surface area contributed by atoms with E-state index in [9.17, 15) is 4.79 Å². The lowest BCUT2D eigenvalue weighted by Gasteiger charge is -2.11. The molecule has 0 aliphatic carbocycles. The Labute approximate surface area is 83.7 Å². The molecule has 0 radical (unpaired) electrons. The zero-order valence-corrected chi connectivity index (χ0v) is 8.42. The van der Waals surface area contributed by atoms with E-state index in [2.05, 4.69) is 6.92 Å². The molecule has 1 aromatic rings. The number of aldehydes is 1. The van der Waals surface area contributed by atoms with Gasteiger partial charge in [-0.3, -0.25) is 0 Å².